The molecule has 0 fully saturated rings. The van der Waals surface area contributed by atoms with Crippen molar-refractivity contribution < 1.29 is 13.6 Å². The summed E-state index contributed by atoms with van der Waals surface area (Å²) in [7, 11) is 1.68. The number of carbonyl (C=O) groups excluding carboxylic acids is 1. The van der Waals surface area contributed by atoms with Crippen LogP contribution in [0.25, 0.3) is 11.3 Å². The van der Waals surface area contributed by atoms with Gasteiger partial charge in [0.15, 0.2) is 16.8 Å². The van der Waals surface area contributed by atoms with Crippen molar-refractivity contribution in [2.75, 3.05) is 5.32 Å². The lowest BCUT2D eigenvalue weighted by Gasteiger charge is -2.08. The number of halogens is 2. The summed E-state index contributed by atoms with van der Waals surface area (Å²) in [4.78, 5) is 16.5. The van der Waals surface area contributed by atoms with E-state index < -0.39 is 16.9 Å². The van der Waals surface area contributed by atoms with E-state index in [0.29, 0.717) is 21.5 Å². The van der Waals surface area contributed by atoms with Gasteiger partial charge in [0.25, 0.3) is 0 Å². The lowest BCUT2D eigenvalue weighted by Crippen LogP contribution is -2.22. The predicted octanol–water partition coefficient (Wildman–Crippen LogP) is 2.73. The van der Waals surface area contributed by atoms with E-state index in [1.54, 1.807) is 19.4 Å². The summed E-state index contributed by atoms with van der Waals surface area (Å²) < 4.78 is 27.8. The smallest absolute Gasteiger partial charge is 0.239 e. The maximum atomic E-state index is 13.3. The molecular formula is C14H12F2N6OS2. The Hall–Kier alpha value is -2.40. The normalized spacial score (nSPS) is 12.2. The number of benzene rings is 1. The van der Waals surface area contributed by atoms with Crippen molar-refractivity contribution in [1.29, 1.82) is 0 Å². The van der Waals surface area contributed by atoms with E-state index in [2.05, 4.69) is 25.8 Å². The van der Waals surface area contributed by atoms with Gasteiger partial charge in [-0.1, -0.05) is 11.8 Å². The summed E-state index contributed by atoms with van der Waals surface area (Å²) in [5, 5.41) is 15.8. The van der Waals surface area contributed by atoms with Gasteiger partial charge in [0.2, 0.25) is 11.1 Å². The van der Waals surface area contributed by atoms with Gasteiger partial charge in [0.1, 0.15) is 0 Å². The van der Waals surface area contributed by atoms with Crippen LogP contribution >= 0.6 is 23.1 Å². The van der Waals surface area contributed by atoms with Crippen molar-refractivity contribution in [1.82, 2.24) is 25.2 Å². The molecule has 0 saturated carbocycles. The number of tetrazole rings is 1. The fraction of sp³-hybridized carbons (Fsp3) is 0.214. The molecule has 2 heterocycles. The van der Waals surface area contributed by atoms with Gasteiger partial charge in [-0.25, -0.2) is 18.4 Å². The molecule has 0 radical (unpaired) electrons. The SMILES string of the molecule is C[C@H](Sc1nnnn1C)C(=O)Nc1nc(-c2ccc(F)c(F)c2)cs1. The van der Waals surface area contributed by atoms with Gasteiger partial charge in [-0.3, -0.25) is 4.79 Å². The minimum absolute atomic E-state index is 0.265. The Kier molecular flexibility index (Phi) is 5.04. The molecule has 0 aliphatic heterocycles. The van der Waals surface area contributed by atoms with E-state index in [9.17, 15) is 13.6 Å². The Morgan fingerprint density at radius 2 is 2.16 bits per heavy atom. The first kappa shape index (κ1) is 17.4. The van der Waals surface area contributed by atoms with Crippen LogP contribution in [0.15, 0.2) is 28.7 Å². The maximum Gasteiger partial charge on any atom is 0.239 e. The number of hydrogen-bond acceptors (Lipinski definition) is 7. The monoisotopic (exact) mass is 382 g/mol. The van der Waals surface area contributed by atoms with E-state index in [1.807, 2.05) is 0 Å². The van der Waals surface area contributed by atoms with Crippen molar-refractivity contribution in [2.45, 2.75) is 17.3 Å². The Balaban J connectivity index is 1.67. The van der Waals surface area contributed by atoms with Gasteiger partial charge in [-0.15, -0.1) is 16.4 Å². The van der Waals surface area contributed by atoms with Gasteiger partial charge >= 0.3 is 0 Å². The molecule has 0 spiro atoms. The Morgan fingerprint density at radius 3 is 2.84 bits per heavy atom. The third kappa shape index (κ3) is 3.99. The number of amides is 1. The molecule has 2 aromatic heterocycles. The molecule has 0 bridgehead atoms. The highest BCUT2D eigenvalue weighted by atomic mass is 32.2. The molecule has 0 aliphatic carbocycles. The van der Waals surface area contributed by atoms with Crippen LogP contribution in [-0.4, -0.2) is 36.3 Å². The van der Waals surface area contributed by atoms with Crippen molar-refractivity contribution in [3.63, 3.8) is 0 Å². The summed E-state index contributed by atoms with van der Waals surface area (Å²) in [5.74, 6) is -2.13. The number of thiazole rings is 1. The minimum Gasteiger partial charge on any atom is -0.301 e. The second-order valence-corrected chi connectivity index (χ2v) is 7.17. The van der Waals surface area contributed by atoms with E-state index in [-0.39, 0.29) is 5.91 Å². The maximum absolute atomic E-state index is 13.3. The van der Waals surface area contributed by atoms with Gasteiger partial charge in [0, 0.05) is 18.0 Å². The van der Waals surface area contributed by atoms with Crippen molar-refractivity contribution in [2.24, 2.45) is 7.05 Å². The fourth-order valence-electron chi connectivity index (χ4n) is 1.86. The first-order valence-corrected chi connectivity index (χ1v) is 8.81. The number of nitrogens with zero attached hydrogens (tertiary/aromatic N) is 5. The number of thioether (sulfide) groups is 1. The van der Waals surface area contributed by atoms with Crippen LogP contribution in [0.1, 0.15) is 6.92 Å². The molecule has 1 amide bonds. The number of carbonyl (C=O) groups is 1. The average molecular weight is 382 g/mol. The molecule has 1 atom stereocenters. The quantitative estimate of drug-likeness (QED) is 0.683. The lowest BCUT2D eigenvalue weighted by molar-refractivity contribution is -0.115. The summed E-state index contributed by atoms with van der Waals surface area (Å²) >= 11 is 2.41. The molecule has 3 rings (SSSR count). The number of nitrogens with one attached hydrogen (secondary N) is 1. The zero-order valence-electron chi connectivity index (χ0n) is 13.1. The summed E-state index contributed by atoms with van der Waals surface area (Å²) in [6, 6.07) is 3.53. The van der Waals surface area contributed by atoms with Gasteiger partial charge < -0.3 is 5.32 Å². The van der Waals surface area contributed by atoms with Crippen molar-refractivity contribution in [3.05, 3.63) is 35.2 Å². The molecule has 1 N–H and O–H groups in total. The average Bonchev–Trinajstić information content (AvgIpc) is 3.20. The first-order chi connectivity index (χ1) is 11.9. The molecular weight excluding hydrogens is 370 g/mol. The summed E-state index contributed by atoms with van der Waals surface area (Å²) in [5.41, 5.74) is 0.889. The zero-order chi connectivity index (χ0) is 18.0. The predicted molar refractivity (Wildman–Crippen MR) is 90.2 cm³/mol. The lowest BCUT2D eigenvalue weighted by atomic mass is 10.2. The van der Waals surface area contributed by atoms with Crippen LogP contribution in [0, 0.1) is 11.6 Å². The Labute approximate surface area is 149 Å². The largest absolute Gasteiger partial charge is 0.301 e. The number of aromatic nitrogens is 5. The molecule has 3 aromatic rings. The highest BCUT2D eigenvalue weighted by Gasteiger charge is 2.19. The van der Waals surface area contributed by atoms with E-state index in [0.717, 1.165) is 12.1 Å². The van der Waals surface area contributed by atoms with Crippen molar-refractivity contribution in [3.8, 4) is 11.3 Å². The van der Waals surface area contributed by atoms with E-state index >= 15 is 0 Å². The van der Waals surface area contributed by atoms with Gasteiger partial charge in [0.05, 0.1) is 10.9 Å². The van der Waals surface area contributed by atoms with Crippen LogP contribution < -0.4 is 5.32 Å². The molecule has 130 valence electrons. The number of anilines is 1. The summed E-state index contributed by atoms with van der Waals surface area (Å²) in [6.45, 7) is 1.72. The fourth-order valence-corrected chi connectivity index (χ4v) is 3.34. The van der Waals surface area contributed by atoms with Gasteiger partial charge in [-0.2, -0.15) is 0 Å². The van der Waals surface area contributed by atoms with Gasteiger partial charge in [-0.05, 0) is 35.5 Å². The highest BCUT2D eigenvalue weighted by molar-refractivity contribution is 8.00. The first-order valence-electron chi connectivity index (χ1n) is 7.05. The third-order valence-electron chi connectivity index (χ3n) is 3.18. The standard InChI is InChI=1S/C14H12F2N6OS2/c1-7(25-14-19-20-21-22(14)2)12(23)18-13-17-11(6-24-13)8-3-4-9(15)10(16)5-8/h3-7H,1-2H3,(H,17,18,23)/t7-/m0/s1. The van der Waals surface area contributed by atoms with Crippen LogP contribution in [-0.2, 0) is 11.8 Å². The number of hydrogen-bond donors (Lipinski definition) is 1. The van der Waals surface area contributed by atoms with E-state index in [1.165, 1.54) is 33.8 Å². The number of aryl methyl sites for hydroxylation is 1. The molecule has 1 aromatic carbocycles. The Bertz CT molecular complexity index is 912. The van der Waals surface area contributed by atoms with Crippen LogP contribution in [0.3, 0.4) is 0 Å². The summed E-state index contributed by atoms with van der Waals surface area (Å²) in [6.07, 6.45) is 0. The van der Waals surface area contributed by atoms with Crippen LogP contribution in [0.4, 0.5) is 13.9 Å². The molecule has 11 heteroatoms. The van der Waals surface area contributed by atoms with E-state index in [4.69, 9.17) is 0 Å². The highest BCUT2D eigenvalue weighted by Crippen LogP contribution is 2.27. The second-order valence-electron chi connectivity index (χ2n) is 5.00. The third-order valence-corrected chi connectivity index (χ3v) is 5.06. The Morgan fingerprint density at radius 1 is 1.36 bits per heavy atom. The van der Waals surface area contributed by atoms with Crippen LogP contribution in [0.2, 0.25) is 0 Å². The minimum atomic E-state index is -0.946. The molecule has 25 heavy (non-hydrogen) atoms. The zero-order valence-corrected chi connectivity index (χ0v) is 14.7. The molecule has 7 nitrogen and oxygen atoms in total. The van der Waals surface area contributed by atoms with Crippen molar-refractivity contribution >= 4 is 34.1 Å². The molecule has 0 aliphatic rings. The molecule has 0 unspecified atom stereocenters. The topological polar surface area (TPSA) is 85.6 Å². The molecule has 0 saturated heterocycles. The number of rotatable bonds is 5. The second kappa shape index (κ2) is 7.23. The van der Waals surface area contributed by atoms with Crippen LogP contribution in [0.5, 0.6) is 0 Å².